The Balaban J connectivity index is 1.65. The van der Waals surface area contributed by atoms with Gasteiger partial charge in [-0.15, -0.1) is 0 Å². The van der Waals surface area contributed by atoms with Crippen LogP contribution in [0.1, 0.15) is 15.9 Å². The number of hydrogen-bond donors (Lipinski definition) is 2. The van der Waals surface area contributed by atoms with E-state index < -0.39 is 0 Å². The molecule has 0 fully saturated rings. The van der Waals surface area contributed by atoms with E-state index in [1.807, 2.05) is 17.8 Å². The molecule has 0 unspecified atom stereocenters. The molecule has 0 amide bonds. The molecule has 2 aromatic rings. The number of carbonyl (C=O) groups is 1. The van der Waals surface area contributed by atoms with Crippen LogP contribution in [0, 0.1) is 0 Å². The van der Waals surface area contributed by atoms with Gasteiger partial charge in [-0.2, -0.15) is 11.8 Å². The average molecular weight is 361 g/mol. The van der Waals surface area contributed by atoms with Gasteiger partial charge in [-0.3, -0.25) is 0 Å². The molecule has 0 aromatic heterocycles. The van der Waals surface area contributed by atoms with Crippen molar-refractivity contribution in [2.75, 3.05) is 24.7 Å². The van der Waals surface area contributed by atoms with Gasteiger partial charge in [0.25, 0.3) is 0 Å². The smallest absolute Gasteiger partial charge is 0.337 e. The number of hydrogen-bond acceptors (Lipinski definition) is 4. The standard InChI is InChI=1S/C18H20N2O2S2/c1-22-17(21)15-7-9-16(10-8-15)20-18(23)19-11-12-24-13-14-5-3-2-4-6-14/h2-10H,11-13H2,1H3,(H2,19,20,23). The molecule has 0 atom stereocenters. The van der Waals surface area contributed by atoms with Crippen LogP contribution in [-0.2, 0) is 10.5 Å². The van der Waals surface area contributed by atoms with E-state index in [1.54, 1.807) is 24.3 Å². The number of thiocarbonyl (C=S) groups is 1. The van der Waals surface area contributed by atoms with Crippen LogP contribution in [0.15, 0.2) is 54.6 Å². The normalized spacial score (nSPS) is 10.0. The number of rotatable bonds is 7. The van der Waals surface area contributed by atoms with Gasteiger partial charge in [0.05, 0.1) is 12.7 Å². The molecule has 0 aliphatic rings. The zero-order valence-corrected chi connectivity index (χ0v) is 15.1. The van der Waals surface area contributed by atoms with Crippen molar-refractivity contribution in [1.29, 1.82) is 0 Å². The van der Waals surface area contributed by atoms with Crippen molar-refractivity contribution in [1.82, 2.24) is 5.32 Å². The van der Waals surface area contributed by atoms with E-state index in [2.05, 4.69) is 39.6 Å². The Morgan fingerprint density at radius 3 is 2.50 bits per heavy atom. The number of benzene rings is 2. The summed E-state index contributed by atoms with van der Waals surface area (Å²) in [5.74, 6) is 1.62. The number of thioether (sulfide) groups is 1. The highest BCUT2D eigenvalue weighted by Crippen LogP contribution is 2.11. The van der Waals surface area contributed by atoms with Gasteiger partial charge in [0.2, 0.25) is 0 Å². The van der Waals surface area contributed by atoms with Crippen LogP contribution in [0.2, 0.25) is 0 Å². The maximum absolute atomic E-state index is 11.4. The first-order chi connectivity index (χ1) is 11.7. The predicted molar refractivity (Wildman–Crippen MR) is 105 cm³/mol. The number of carbonyl (C=O) groups excluding carboxylic acids is 1. The van der Waals surface area contributed by atoms with Gasteiger partial charge in [0.15, 0.2) is 5.11 Å². The van der Waals surface area contributed by atoms with Crippen molar-refractivity contribution in [3.63, 3.8) is 0 Å². The monoisotopic (exact) mass is 360 g/mol. The first kappa shape index (κ1) is 18.3. The topological polar surface area (TPSA) is 50.4 Å². The van der Waals surface area contributed by atoms with Crippen LogP contribution in [0.5, 0.6) is 0 Å². The molecule has 0 spiro atoms. The SMILES string of the molecule is COC(=O)c1ccc(NC(=S)NCCSCc2ccccc2)cc1. The first-order valence-electron chi connectivity index (χ1n) is 7.54. The van der Waals surface area contributed by atoms with Crippen LogP contribution in [-0.4, -0.2) is 30.5 Å². The highest BCUT2D eigenvalue weighted by molar-refractivity contribution is 7.98. The van der Waals surface area contributed by atoms with E-state index >= 15 is 0 Å². The third-order valence-corrected chi connectivity index (χ3v) is 4.48. The van der Waals surface area contributed by atoms with Crippen molar-refractivity contribution in [3.8, 4) is 0 Å². The molecule has 2 aromatic carbocycles. The zero-order valence-electron chi connectivity index (χ0n) is 13.5. The van der Waals surface area contributed by atoms with E-state index in [-0.39, 0.29) is 5.97 Å². The van der Waals surface area contributed by atoms with Crippen molar-refractivity contribution in [2.45, 2.75) is 5.75 Å². The Hall–Kier alpha value is -2.05. The van der Waals surface area contributed by atoms with Crippen LogP contribution in [0.3, 0.4) is 0 Å². The molecule has 0 radical (unpaired) electrons. The Morgan fingerprint density at radius 1 is 1.12 bits per heavy atom. The third kappa shape index (κ3) is 6.22. The molecule has 4 nitrogen and oxygen atoms in total. The third-order valence-electron chi connectivity index (χ3n) is 3.21. The Morgan fingerprint density at radius 2 is 1.83 bits per heavy atom. The summed E-state index contributed by atoms with van der Waals surface area (Å²) in [6.45, 7) is 0.795. The minimum atomic E-state index is -0.349. The quantitative estimate of drug-likeness (QED) is 0.446. The van der Waals surface area contributed by atoms with Gasteiger partial charge in [-0.05, 0) is 42.0 Å². The fourth-order valence-electron chi connectivity index (χ4n) is 1.98. The van der Waals surface area contributed by atoms with Crippen molar-refractivity contribution in [3.05, 3.63) is 65.7 Å². The molecule has 6 heteroatoms. The second-order valence-corrected chi connectivity index (χ2v) is 6.50. The number of anilines is 1. The molecule has 24 heavy (non-hydrogen) atoms. The fraction of sp³-hybridized carbons (Fsp3) is 0.222. The number of methoxy groups -OCH3 is 1. The highest BCUT2D eigenvalue weighted by atomic mass is 32.2. The van der Waals surface area contributed by atoms with Crippen LogP contribution < -0.4 is 10.6 Å². The van der Waals surface area contributed by atoms with Gasteiger partial charge < -0.3 is 15.4 Å². The van der Waals surface area contributed by atoms with E-state index in [9.17, 15) is 4.79 Å². The highest BCUT2D eigenvalue weighted by Gasteiger charge is 2.04. The first-order valence-corrected chi connectivity index (χ1v) is 9.10. The van der Waals surface area contributed by atoms with Gasteiger partial charge in [0.1, 0.15) is 0 Å². The van der Waals surface area contributed by atoms with E-state index in [4.69, 9.17) is 12.2 Å². The van der Waals surface area contributed by atoms with Gasteiger partial charge in [-0.25, -0.2) is 4.79 Å². The van der Waals surface area contributed by atoms with E-state index in [0.29, 0.717) is 10.7 Å². The lowest BCUT2D eigenvalue weighted by atomic mass is 10.2. The lowest BCUT2D eigenvalue weighted by molar-refractivity contribution is 0.0601. The van der Waals surface area contributed by atoms with Crippen LogP contribution in [0.25, 0.3) is 0 Å². The molecular weight excluding hydrogens is 340 g/mol. The largest absolute Gasteiger partial charge is 0.465 e. The van der Waals surface area contributed by atoms with Crippen molar-refractivity contribution in [2.24, 2.45) is 0 Å². The number of ether oxygens (including phenoxy) is 1. The predicted octanol–water partition coefficient (Wildman–Crippen LogP) is 3.69. The minimum Gasteiger partial charge on any atom is -0.465 e. The molecule has 126 valence electrons. The summed E-state index contributed by atoms with van der Waals surface area (Å²) in [4.78, 5) is 11.4. The Labute approximate surface area is 152 Å². The maximum atomic E-state index is 11.4. The molecular formula is C18H20N2O2S2. The molecule has 2 N–H and O–H groups in total. The van der Waals surface area contributed by atoms with Gasteiger partial charge in [0, 0.05) is 23.7 Å². The van der Waals surface area contributed by atoms with E-state index in [0.717, 1.165) is 23.7 Å². The average Bonchev–Trinajstić information content (AvgIpc) is 2.62. The summed E-state index contributed by atoms with van der Waals surface area (Å²) in [7, 11) is 1.36. The molecule has 0 saturated carbocycles. The molecule has 2 rings (SSSR count). The van der Waals surface area contributed by atoms with Gasteiger partial charge in [-0.1, -0.05) is 30.3 Å². The van der Waals surface area contributed by atoms with Crippen molar-refractivity contribution < 1.29 is 9.53 Å². The summed E-state index contributed by atoms with van der Waals surface area (Å²) >= 11 is 7.12. The number of esters is 1. The second kappa shape index (κ2) is 9.95. The summed E-state index contributed by atoms with van der Waals surface area (Å²) in [6, 6.07) is 17.4. The number of nitrogens with one attached hydrogen (secondary N) is 2. The summed E-state index contributed by atoms with van der Waals surface area (Å²) in [5, 5.41) is 6.84. The molecule has 0 aliphatic carbocycles. The molecule has 0 aliphatic heterocycles. The Bertz CT molecular complexity index is 660. The lowest BCUT2D eigenvalue weighted by Crippen LogP contribution is -2.30. The molecule has 0 saturated heterocycles. The summed E-state index contributed by atoms with van der Waals surface area (Å²) in [5.41, 5.74) is 2.67. The van der Waals surface area contributed by atoms with Crippen LogP contribution >= 0.6 is 24.0 Å². The molecule has 0 bridgehead atoms. The van der Waals surface area contributed by atoms with Crippen LogP contribution in [0.4, 0.5) is 5.69 Å². The molecule has 0 heterocycles. The van der Waals surface area contributed by atoms with Gasteiger partial charge >= 0.3 is 5.97 Å². The zero-order chi connectivity index (χ0) is 17.2. The minimum absolute atomic E-state index is 0.349. The van der Waals surface area contributed by atoms with Crippen molar-refractivity contribution >= 4 is 40.7 Å². The maximum Gasteiger partial charge on any atom is 0.337 e. The lowest BCUT2D eigenvalue weighted by Gasteiger charge is -2.10. The van der Waals surface area contributed by atoms with E-state index in [1.165, 1.54) is 12.7 Å². The summed E-state index contributed by atoms with van der Waals surface area (Å²) < 4.78 is 4.67. The Kier molecular flexibility index (Phi) is 7.58. The fourth-order valence-corrected chi connectivity index (χ4v) is 3.02. The second-order valence-electron chi connectivity index (χ2n) is 4.99. The summed E-state index contributed by atoms with van der Waals surface area (Å²) in [6.07, 6.45) is 0.